The zero-order chi connectivity index (χ0) is 20.0. The molecule has 0 spiro atoms. The van der Waals surface area contributed by atoms with Gasteiger partial charge in [0.2, 0.25) is 0 Å². The number of carbonyl (C=O) groups excluding carboxylic acids is 1. The molecule has 150 valence electrons. The summed E-state index contributed by atoms with van der Waals surface area (Å²) in [6.07, 6.45) is 5.23. The first-order chi connectivity index (χ1) is 13.5. The molecule has 0 atom stereocenters. The van der Waals surface area contributed by atoms with Gasteiger partial charge in [0, 0.05) is 30.2 Å². The van der Waals surface area contributed by atoms with Gasteiger partial charge in [-0.15, -0.1) is 0 Å². The number of rotatable bonds is 8. The lowest BCUT2D eigenvalue weighted by Gasteiger charge is -2.19. The number of nitrogens with zero attached hydrogens (tertiary/aromatic N) is 1. The number of hydrogen-bond acceptors (Lipinski definition) is 4. The van der Waals surface area contributed by atoms with Crippen LogP contribution in [0.1, 0.15) is 36.0 Å². The van der Waals surface area contributed by atoms with E-state index in [4.69, 9.17) is 0 Å². The molecule has 2 aromatic carbocycles. The van der Waals surface area contributed by atoms with Gasteiger partial charge < -0.3 is 5.32 Å². The Morgan fingerprint density at radius 2 is 1.71 bits per heavy atom. The van der Waals surface area contributed by atoms with Crippen LogP contribution in [0.5, 0.6) is 0 Å². The number of anilines is 1. The fourth-order valence-electron chi connectivity index (χ4n) is 3.26. The van der Waals surface area contributed by atoms with Crippen molar-refractivity contribution >= 4 is 33.4 Å². The fraction of sp³-hybridized carbons (Fsp3) is 0.381. The van der Waals surface area contributed by atoms with Crippen molar-refractivity contribution < 1.29 is 13.2 Å². The van der Waals surface area contributed by atoms with Gasteiger partial charge in [-0.05, 0) is 49.2 Å². The van der Waals surface area contributed by atoms with E-state index in [2.05, 4.69) is 5.32 Å². The predicted molar refractivity (Wildman–Crippen MR) is 116 cm³/mol. The standard InChI is InChI=1S/C21H26N2O3S2/c1-23(28(25,26)20-9-3-2-4-10-20)18-13-11-17(12-14-18)21(24)22-15-16-27-19-7-5-6-8-19/h2-4,9-14,19H,5-8,15-16H2,1H3,(H,22,24). The smallest absolute Gasteiger partial charge is 0.264 e. The average molecular weight is 419 g/mol. The van der Waals surface area contributed by atoms with Crippen LogP contribution < -0.4 is 9.62 Å². The van der Waals surface area contributed by atoms with E-state index in [-0.39, 0.29) is 10.8 Å². The summed E-state index contributed by atoms with van der Waals surface area (Å²) in [5.41, 5.74) is 1.04. The summed E-state index contributed by atoms with van der Waals surface area (Å²) < 4.78 is 26.6. The predicted octanol–water partition coefficient (Wildman–Crippen LogP) is 3.92. The van der Waals surface area contributed by atoms with Crippen LogP contribution in [0.25, 0.3) is 0 Å². The number of thioether (sulfide) groups is 1. The summed E-state index contributed by atoms with van der Waals surface area (Å²) in [6, 6.07) is 14.9. The molecule has 0 unspecified atom stereocenters. The Morgan fingerprint density at radius 1 is 1.07 bits per heavy atom. The highest BCUT2D eigenvalue weighted by Gasteiger charge is 2.21. The molecule has 0 saturated heterocycles. The monoisotopic (exact) mass is 418 g/mol. The molecule has 1 saturated carbocycles. The lowest BCUT2D eigenvalue weighted by molar-refractivity contribution is 0.0956. The molecule has 7 heteroatoms. The Hall–Kier alpha value is -1.99. The number of hydrogen-bond donors (Lipinski definition) is 1. The van der Waals surface area contributed by atoms with Crippen LogP contribution in [0.15, 0.2) is 59.5 Å². The molecule has 2 aromatic rings. The summed E-state index contributed by atoms with van der Waals surface area (Å²) in [7, 11) is -2.11. The molecule has 1 amide bonds. The maximum absolute atomic E-state index is 12.7. The zero-order valence-electron chi connectivity index (χ0n) is 16.0. The van der Waals surface area contributed by atoms with E-state index in [1.165, 1.54) is 37.0 Å². The molecular formula is C21H26N2O3S2. The van der Waals surface area contributed by atoms with Crippen molar-refractivity contribution in [2.24, 2.45) is 0 Å². The van der Waals surface area contributed by atoms with Crippen LogP contribution in [-0.4, -0.2) is 38.9 Å². The first kappa shape index (κ1) is 20.7. The Morgan fingerprint density at radius 3 is 2.36 bits per heavy atom. The highest BCUT2D eigenvalue weighted by Crippen LogP contribution is 2.29. The van der Waals surface area contributed by atoms with Gasteiger partial charge >= 0.3 is 0 Å². The Kier molecular flexibility index (Phi) is 7.02. The molecule has 1 N–H and O–H groups in total. The van der Waals surface area contributed by atoms with Crippen molar-refractivity contribution in [2.75, 3.05) is 23.7 Å². The number of sulfonamides is 1. The summed E-state index contributed by atoms with van der Waals surface area (Å²) in [5, 5.41) is 3.68. The molecule has 1 aliphatic carbocycles. The molecule has 0 bridgehead atoms. The number of amides is 1. The van der Waals surface area contributed by atoms with Crippen molar-refractivity contribution in [3.8, 4) is 0 Å². The van der Waals surface area contributed by atoms with Crippen molar-refractivity contribution in [1.82, 2.24) is 5.32 Å². The lowest BCUT2D eigenvalue weighted by Crippen LogP contribution is -2.27. The summed E-state index contributed by atoms with van der Waals surface area (Å²) in [5.74, 6) is 0.791. The van der Waals surface area contributed by atoms with Crippen LogP contribution in [0.3, 0.4) is 0 Å². The van der Waals surface area contributed by atoms with Gasteiger partial charge in [0.25, 0.3) is 15.9 Å². The average Bonchev–Trinajstić information content (AvgIpc) is 3.25. The highest BCUT2D eigenvalue weighted by atomic mass is 32.2. The van der Waals surface area contributed by atoms with E-state index in [9.17, 15) is 13.2 Å². The summed E-state index contributed by atoms with van der Waals surface area (Å²) in [6.45, 7) is 0.643. The fourth-order valence-corrected chi connectivity index (χ4v) is 5.70. The second-order valence-corrected chi connectivity index (χ2v) is 10.2. The number of nitrogens with one attached hydrogen (secondary N) is 1. The van der Waals surface area contributed by atoms with Crippen LogP contribution in [-0.2, 0) is 10.0 Å². The topological polar surface area (TPSA) is 66.5 Å². The van der Waals surface area contributed by atoms with E-state index in [1.807, 2.05) is 11.8 Å². The minimum atomic E-state index is -3.62. The molecule has 0 aromatic heterocycles. The third-order valence-electron chi connectivity index (χ3n) is 4.94. The molecule has 3 rings (SSSR count). The molecule has 5 nitrogen and oxygen atoms in total. The minimum absolute atomic E-state index is 0.132. The third kappa shape index (κ3) is 5.08. The second-order valence-electron chi connectivity index (χ2n) is 6.87. The Labute approximate surface area is 171 Å². The molecular weight excluding hydrogens is 392 g/mol. The van der Waals surface area contributed by atoms with Gasteiger partial charge in [0.15, 0.2) is 0 Å². The van der Waals surface area contributed by atoms with E-state index < -0.39 is 10.0 Å². The van der Waals surface area contributed by atoms with Gasteiger partial charge in [-0.25, -0.2) is 8.42 Å². The molecule has 28 heavy (non-hydrogen) atoms. The van der Waals surface area contributed by atoms with Gasteiger partial charge in [0.1, 0.15) is 0 Å². The Bertz CT molecular complexity index is 878. The van der Waals surface area contributed by atoms with Crippen molar-refractivity contribution in [1.29, 1.82) is 0 Å². The van der Waals surface area contributed by atoms with Gasteiger partial charge in [-0.1, -0.05) is 31.0 Å². The van der Waals surface area contributed by atoms with E-state index in [0.717, 1.165) is 11.0 Å². The van der Waals surface area contributed by atoms with Crippen LogP contribution in [0.4, 0.5) is 5.69 Å². The summed E-state index contributed by atoms with van der Waals surface area (Å²) >= 11 is 1.94. The number of carbonyl (C=O) groups is 1. The quantitative estimate of drug-likeness (QED) is 0.660. The maximum atomic E-state index is 12.7. The first-order valence-corrected chi connectivity index (χ1v) is 12.0. The second kappa shape index (κ2) is 9.47. The van der Waals surface area contributed by atoms with Crippen molar-refractivity contribution in [2.45, 2.75) is 35.8 Å². The minimum Gasteiger partial charge on any atom is -0.351 e. The third-order valence-corrected chi connectivity index (χ3v) is 8.12. The SMILES string of the molecule is CN(c1ccc(C(=O)NCCSC2CCCC2)cc1)S(=O)(=O)c1ccccc1. The summed E-state index contributed by atoms with van der Waals surface area (Å²) in [4.78, 5) is 12.5. The Balaban J connectivity index is 1.55. The maximum Gasteiger partial charge on any atom is 0.264 e. The first-order valence-electron chi connectivity index (χ1n) is 9.52. The van der Waals surface area contributed by atoms with E-state index >= 15 is 0 Å². The number of benzene rings is 2. The zero-order valence-corrected chi connectivity index (χ0v) is 17.6. The van der Waals surface area contributed by atoms with Gasteiger partial charge in [0.05, 0.1) is 10.6 Å². The lowest BCUT2D eigenvalue weighted by atomic mass is 10.2. The van der Waals surface area contributed by atoms with Gasteiger partial charge in [-0.2, -0.15) is 11.8 Å². The van der Waals surface area contributed by atoms with Crippen LogP contribution in [0, 0.1) is 0 Å². The van der Waals surface area contributed by atoms with E-state index in [1.54, 1.807) is 54.6 Å². The van der Waals surface area contributed by atoms with Crippen molar-refractivity contribution in [3.63, 3.8) is 0 Å². The molecule has 1 aliphatic rings. The van der Waals surface area contributed by atoms with Gasteiger partial charge in [-0.3, -0.25) is 9.10 Å². The molecule has 0 radical (unpaired) electrons. The molecule has 0 heterocycles. The van der Waals surface area contributed by atoms with E-state index in [0.29, 0.717) is 17.8 Å². The van der Waals surface area contributed by atoms with Crippen LogP contribution in [0.2, 0.25) is 0 Å². The molecule has 0 aliphatic heterocycles. The largest absolute Gasteiger partial charge is 0.351 e. The highest BCUT2D eigenvalue weighted by molar-refractivity contribution is 7.99. The normalized spacial score (nSPS) is 14.8. The molecule has 1 fully saturated rings. The van der Waals surface area contributed by atoms with Crippen molar-refractivity contribution in [3.05, 3.63) is 60.2 Å². The van der Waals surface area contributed by atoms with Crippen LogP contribution >= 0.6 is 11.8 Å².